The normalized spacial score (nSPS) is 25.2. The zero-order valence-corrected chi connectivity index (χ0v) is 12.0. The first-order valence-corrected chi connectivity index (χ1v) is 7.62. The lowest BCUT2D eigenvalue weighted by Crippen LogP contribution is -2.47. The number of nitrogens with one attached hydrogen (secondary N) is 1. The summed E-state index contributed by atoms with van der Waals surface area (Å²) in [7, 11) is 1.69. The lowest BCUT2D eigenvalue weighted by Gasteiger charge is -2.40. The fourth-order valence-corrected chi connectivity index (χ4v) is 3.21. The molecule has 2 rings (SSSR count). The van der Waals surface area contributed by atoms with Crippen LogP contribution < -0.4 is 5.32 Å². The van der Waals surface area contributed by atoms with Crippen LogP contribution in [0.4, 0.5) is 0 Å². The molecule has 2 saturated carbocycles. The maximum absolute atomic E-state index is 12.0. The predicted octanol–water partition coefficient (Wildman–Crippen LogP) is 2.15. The first kappa shape index (κ1) is 14.8. The van der Waals surface area contributed by atoms with Crippen molar-refractivity contribution in [2.75, 3.05) is 13.7 Å². The Hall–Kier alpha value is -0.610. The van der Waals surface area contributed by atoms with Gasteiger partial charge in [0, 0.05) is 13.7 Å². The van der Waals surface area contributed by atoms with Gasteiger partial charge in [-0.15, -0.1) is 0 Å². The quantitative estimate of drug-likeness (QED) is 0.752. The van der Waals surface area contributed by atoms with E-state index in [1.54, 1.807) is 7.11 Å². The predicted molar refractivity (Wildman–Crippen MR) is 73.9 cm³/mol. The van der Waals surface area contributed by atoms with Gasteiger partial charge in [0.2, 0.25) is 5.91 Å². The average molecular weight is 269 g/mol. The van der Waals surface area contributed by atoms with Gasteiger partial charge in [0.25, 0.3) is 0 Å². The average Bonchev–Trinajstić information content (AvgIpc) is 2.57. The van der Waals surface area contributed by atoms with Gasteiger partial charge >= 0.3 is 0 Å². The Labute approximate surface area is 115 Å². The minimum absolute atomic E-state index is 0.0132. The topological polar surface area (TPSA) is 58.6 Å². The number of amides is 1. The molecule has 0 atom stereocenters. The summed E-state index contributed by atoms with van der Waals surface area (Å²) in [6, 6.07) is 0. The zero-order valence-electron chi connectivity index (χ0n) is 12.0. The maximum atomic E-state index is 12.0. The van der Waals surface area contributed by atoms with Crippen LogP contribution in [0.25, 0.3) is 0 Å². The molecule has 4 nitrogen and oxygen atoms in total. The Morgan fingerprint density at radius 3 is 2.21 bits per heavy atom. The molecule has 0 aromatic heterocycles. The van der Waals surface area contributed by atoms with Gasteiger partial charge in [-0.1, -0.05) is 25.7 Å². The van der Waals surface area contributed by atoms with E-state index in [4.69, 9.17) is 4.74 Å². The number of carbonyl (C=O) groups is 1. The molecule has 0 spiro atoms. The van der Waals surface area contributed by atoms with E-state index in [1.807, 2.05) is 0 Å². The first-order valence-electron chi connectivity index (χ1n) is 7.62. The molecule has 2 fully saturated rings. The number of ether oxygens (including phenoxy) is 1. The van der Waals surface area contributed by atoms with Crippen molar-refractivity contribution in [1.29, 1.82) is 0 Å². The Morgan fingerprint density at radius 2 is 1.74 bits per heavy atom. The molecule has 110 valence electrons. The van der Waals surface area contributed by atoms with Crippen LogP contribution >= 0.6 is 0 Å². The van der Waals surface area contributed by atoms with Crippen LogP contribution in [-0.2, 0) is 9.53 Å². The highest BCUT2D eigenvalue weighted by molar-refractivity contribution is 5.77. The van der Waals surface area contributed by atoms with Gasteiger partial charge in [-0.3, -0.25) is 4.79 Å². The van der Waals surface area contributed by atoms with Crippen molar-refractivity contribution in [2.24, 2.45) is 0 Å². The summed E-state index contributed by atoms with van der Waals surface area (Å²) in [5, 5.41) is 13.4. The van der Waals surface area contributed by atoms with Gasteiger partial charge in [-0.25, -0.2) is 0 Å². The van der Waals surface area contributed by atoms with Crippen molar-refractivity contribution in [3.05, 3.63) is 0 Å². The summed E-state index contributed by atoms with van der Waals surface area (Å²) < 4.78 is 5.46. The summed E-state index contributed by atoms with van der Waals surface area (Å²) in [5.41, 5.74) is -0.915. The number of aliphatic hydroxyl groups is 1. The van der Waals surface area contributed by atoms with Crippen molar-refractivity contribution in [3.63, 3.8) is 0 Å². The van der Waals surface area contributed by atoms with E-state index in [1.165, 1.54) is 12.8 Å². The van der Waals surface area contributed by atoms with E-state index >= 15 is 0 Å². The van der Waals surface area contributed by atoms with Gasteiger partial charge in [-0.2, -0.15) is 0 Å². The molecule has 2 aliphatic rings. The highest BCUT2D eigenvalue weighted by atomic mass is 16.5. The van der Waals surface area contributed by atoms with Gasteiger partial charge in [0.15, 0.2) is 0 Å². The fourth-order valence-electron chi connectivity index (χ4n) is 3.21. The van der Waals surface area contributed by atoms with E-state index < -0.39 is 5.60 Å². The van der Waals surface area contributed by atoms with E-state index in [0.29, 0.717) is 13.0 Å². The van der Waals surface area contributed by atoms with Crippen LogP contribution in [0.15, 0.2) is 0 Å². The number of methoxy groups -OCH3 is 1. The molecular formula is C15H27NO3. The van der Waals surface area contributed by atoms with Crippen molar-refractivity contribution in [2.45, 2.75) is 75.4 Å². The molecule has 1 amide bonds. The lowest BCUT2D eigenvalue weighted by atomic mass is 9.77. The number of carbonyl (C=O) groups excluding carboxylic acids is 1. The Kier molecular flexibility index (Phi) is 4.85. The molecule has 19 heavy (non-hydrogen) atoms. The molecule has 0 aliphatic heterocycles. The number of hydrogen-bond donors (Lipinski definition) is 2. The van der Waals surface area contributed by atoms with Gasteiger partial charge in [0.05, 0.1) is 17.6 Å². The molecule has 0 heterocycles. The smallest absolute Gasteiger partial charge is 0.223 e. The minimum Gasteiger partial charge on any atom is -0.388 e. The molecular weight excluding hydrogens is 242 g/mol. The summed E-state index contributed by atoms with van der Waals surface area (Å²) in [5.74, 6) is 0.0132. The van der Waals surface area contributed by atoms with Crippen LogP contribution in [0.2, 0.25) is 0 Å². The molecule has 0 aromatic rings. The van der Waals surface area contributed by atoms with E-state index in [2.05, 4.69) is 5.32 Å². The van der Waals surface area contributed by atoms with Crippen molar-refractivity contribution in [3.8, 4) is 0 Å². The minimum atomic E-state index is -0.688. The second kappa shape index (κ2) is 6.23. The fraction of sp³-hybridized carbons (Fsp3) is 0.933. The number of rotatable bonds is 5. The molecule has 0 saturated heterocycles. The summed E-state index contributed by atoms with van der Waals surface area (Å²) in [6.07, 6.45) is 9.66. The Bertz CT molecular complexity index is 299. The third-order valence-corrected chi connectivity index (χ3v) is 4.83. The van der Waals surface area contributed by atoms with E-state index in [0.717, 1.165) is 44.9 Å². The van der Waals surface area contributed by atoms with Crippen LogP contribution in [-0.4, -0.2) is 35.9 Å². The van der Waals surface area contributed by atoms with Crippen molar-refractivity contribution in [1.82, 2.24) is 5.32 Å². The Morgan fingerprint density at radius 1 is 1.11 bits per heavy atom. The van der Waals surface area contributed by atoms with Crippen LogP contribution in [0.1, 0.15) is 64.2 Å². The molecule has 4 heteroatoms. The second-order valence-corrected chi connectivity index (χ2v) is 6.33. The number of hydrogen-bond acceptors (Lipinski definition) is 3. The summed E-state index contributed by atoms with van der Waals surface area (Å²) >= 11 is 0. The maximum Gasteiger partial charge on any atom is 0.223 e. The molecule has 2 aliphatic carbocycles. The van der Waals surface area contributed by atoms with Gasteiger partial charge in [0.1, 0.15) is 0 Å². The van der Waals surface area contributed by atoms with Crippen LogP contribution in [0.3, 0.4) is 0 Å². The Balaban J connectivity index is 1.76. The summed E-state index contributed by atoms with van der Waals surface area (Å²) in [4.78, 5) is 12.0. The molecule has 0 radical (unpaired) electrons. The van der Waals surface area contributed by atoms with Gasteiger partial charge < -0.3 is 15.2 Å². The van der Waals surface area contributed by atoms with E-state index in [-0.39, 0.29) is 11.5 Å². The third kappa shape index (κ3) is 3.93. The zero-order chi connectivity index (χ0) is 13.8. The summed E-state index contributed by atoms with van der Waals surface area (Å²) in [6.45, 7) is 0.394. The van der Waals surface area contributed by atoms with Crippen molar-refractivity contribution < 1.29 is 14.6 Å². The highest BCUT2D eigenvalue weighted by Crippen LogP contribution is 2.37. The lowest BCUT2D eigenvalue weighted by molar-refractivity contribution is -0.135. The van der Waals surface area contributed by atoms with Crippen LogP contribution in [0, 0.1) is 0 Å². The molecule has 2 N–H and O–H groups in total. The third-order valence-electron chi connectivity index (χ3n) is 4.83. The largest absolute Gasteiger partial charge is 0.388 e. The van der Waals surface area contributed by atoms with Gasteiger partial charge in [-0.05, 0) is 32.1 Å². The molecule has 0 unspecified atom stereocenters. The van der Waals surface area contributed by atoms with E-state index in [9.17, 15) is 9.90 Å². The highest BCUT2D eigenvalue weighted by Gasteiger charge is 2.39. The van der Waals surface area contributed by atoms with Crippen molar-refractivity contribution >= 4 is 5.91 Å². The second-order valence-electron chi connectivity index (χ2n) is 6.33. The SMILES string of the molecule is COC1(CC(=O)NCC2(O)CCCCCC2)CCC1. The first-order chi connectivity index (χ1) is 9.08. The standard InChI is InChI=1S/C15H27NO3/c1-19-15(9-6-10-15)11-13(17)16-12-14(18)7-4-2-3-5-8-14/h18H,2-12H2,1H3,(H,16,17). The molecule has 0 aromatic carbocycles. The molecule has 0 bridgehead atoms. The monoisotopic (exact) mass is 269 g/mol. The van der Waals surface area contributed by atoms with Crippen LogP contribution in [0.5, 0.6) is 0 Å².